The van der Waals surface area contributed by atoms with Gasteiger partial charge >= 0.3 is 0 Å². The highest BCUT2D eigenvalue weighted by molar-refractivity contribution is 7.92. The third-order valence-corrected chi connectivity index (χ3v) is 5.24. The number of fused-ring (bicyclic) bond motifs is 1. The van der Waals surface area contributed by atoms with Crippen LogP contribution in [0.4, 0.5) is 15.8 Å². The Labute approximate surface area is 144 Å². The van der Waals surface area contributed by atoms with Gasteiger partial charge in [-0.3, -0.25) is 9.10 Å². The zero-order chi connectivity index (χ0) is 17.5. The zero-order valence-corrected chi connectivity index (χ0v) is 14.3. The molecule has 0 aliphatic carbocycles. The van der Waals surface area contributed by atoms with Gasteiger partial charge in [-0.2, -0.15) is 0 Å². The van der Waals surface area contributed by atoms with Crippen molar-refractivity contribution in [3.8, 4) is 0 Å². The third kappa shape index (κ3) is 3.22. The molecule has 1 heterocycles. The van der Waals surface area contributed by atoms with E-state index in [9.17, 15) is 17.6 Å². The summed E-state index contributed by atoms with van der Waals surface area (Å²) >= 11 is 5.69. The number of nitrogens with zero attached hydrogens (tertiary/aromatic N) is 1. The highest BCUT2D eigenvalue weighted by Crippen LogP contribution is 2.31. The van der Waals surface area contributed by atoms with Gasteiger partial charge in [0.15, 0.2) is 0 Å². The highest BCUT2D eigenvalue weighted by Gasteiger charge is 2.26. The fourth-order valence-electron chi connectivity index (χ4n) is 2.63. The molecule has 0 bridgehead atoms. The minimum atomic E-state index is -3.32. The van der Waals surface area contributed by atoms with Crippen molar-refractivity contribution in [1.29, 1.82) is 0 Å². The van der Waals surface area contributed by atoms with Crippen molar-refractivity contribution in [2.75, 3.05) is 22.4 Å². The quantitative estimate of drug-likeness (QED) is 0.905. The fourth-order valence-corrected chi connectivity index (χ4v) is 3.77. The fraction of sp³-hybridized carbons (Fsp3) is 0.188. The van der Waals surface area contributed by atoms with E-state index < -0.39 is 15.8 Å². The van der Waals surface area contributed by atoms with E-state index in [4.69, 9.17) is 11.6 Å². The summed E-state index contributed by atoms with van der Waals surface area (Å²) in [5.74, 6) is -0.939. The average molecular weight is 369 g/mol. The molecule has 8 heteroatoms. The molecule has 2 aromatic carbocycles. The molecule has 1 aliphatic heterocycles. The maximum Gasteiger partial charge on any atom is 0.255 e. The van der Waals surface area contributed by atoms with Gasteiger partial charge in [0.1, 0.15) is 5.82 Å². The lowest BCUT2D eigenvalue weighted by molar-refractivity contribution is 0.102. The summed E-state index contributed by atoms with van der Waals surface area (Å²) in [7, 11) is -3.32. The molecule has 0 radical (unpaired) electrons. The lowest BCUT2D eigenvalue weighted by Gasteiger charge is -2.16. The van der Waals surface area contributed by atoms with Crippen LogP contribution in [0.25, 0.3) is 0 Å². The standard InChI is InChI=1S/C16H14ClFN2O3S/c1-24(22,23)20-7-6-10-8-11(2-5-15(10)20)16(21)19-12-3-4-14(18)13(17)9-12/h2-5,8-9H,6-7H2,1H3,(H,19,21). The minimum absolute atomic E-state index is 0.0782. The molecule has 126 valence electrons. The van der Waals surface area contributed by atoms with Gasteiger partial charge in [-0.15, -0.1) is 0 Å². The van der Waals surface area contributed by atoms with Crippen molar-refractivity contribution in [2.24, 2.45) is 0 Å². The molecule has 0 atom stereocenters. The summed E-state index contributed by atoms with van der Waals surface area (Å²) in [5.41, 5.74) is 2.17. The number of sulfonamides is 1. The van der Waals surface area contributed by atoms with E-state index in [2.05, 4.69) is 5.32 Å². The van der Waals surface area contributed by atoms with Crippen LogP contribution in [0.1, 0.15) is 15.9 Å². The summed E-state index contributed by atoms with van der Waals surface area (Å²) in [6.45, 7) is 0.368. The SMILES string of the molecule is CS(=O)(=O)N1CCc2cc(C(=O)Nc3ccc(F)c(Cl)c3)ccc21. The molecule has 1 N–H and O–H groups in total. The monoisotopic (exact) mass is 368 g/mol. The Kier molecular flexibility index (Phi) is 4.23. The van der Waals surface area contributed by atoms with Crippen LogP contribution < -0.4 is 9.62 Å². The average Bonchev–Trinajstić information content (AvgIpc) is 2.94. The second-order valence-corrected chi connectivity index (χ2v) is 7.83. The number of benzene rings is 2. The van der Waals surface area contributed by atoms with E-state index in [1.54, 1.807) is 18.2 Å². The maximum atomic E-state index is 13.1. The summed E-state index contributed by atoms with van der Waals surface area (Å²) in [6.07, 6.45) is 1.70. The van der Waals surface area contributed by atoms with Crippen molar-refractivity contribution in [2.45, 2.75) is 6.42 Å². The Balaban J connectivity index is 1.83. The predicted molar refractivity (Wildman–Crippen MR) is 91.7 cm³/mol. The Morgan fingerprint density at radius 1 is 1.25 bits per heavy atom. The molecule has 5 nitrogen and oxygen atoms in total. The van der Waals surface area contributed by atoms with E-state index in [0.29, 0.717) is 29.9 Å². The van der Waals surface area contributed by atoms with Crippen LogP contribution in [-0.2, 0) is 16.4 Å². The largest absolute Gasteiger partial charge is 0.322 e. The van der Waals surface area contributed by atoms with Crippen molar-refractivity contribution in [3.05, 3.63) is 58.4 Å². The van der Waals surface area contributed by atoms with E-state index in [-0.39, 0.29) is 10.9 Å². The van der Waals surface area contributed by atoms with Gasteiger partial charge in [-0.25, -0.2) is 12.8 Å². The Hall–Kier alpha value is -2.12. The zero-order valence-electron chi connectivity index (χ0n) is 12.7. The molecule has 0 unspecified atom stereocenters. The first-order chi connectivity index (χ1) is 11.3. The molecule has 1 aliphatic rings. The molecule has 0 aromatic heterocycles. The van der Waals surface area contributed by atoms with E-state index in [1.807, 2.05) is 0 Å². The number of anilines is 2. The summed E-state index contributed by atoms with van der Waals surface area (Å²) in [5, 5.41) is 2.56. The van der Waals surface area contributed by atoms with E-state index in [1.165, 1.54) is 22.5 Å². The van der Waals surface area contributed by atoms with Crippen LogP contribution >= 0.6 is 11.6 Å². The van der Waals surface area contributed by atoms with E-state index in [0.717, 1.165) is 11.8 Å². The van der Waals surface area contributed by atoms with Crippen LogP contribution in [0.2, 0.25) is 5.02 Å². The molecular weight excluding hydrogens is 355 g/mol. The van der Waals surface area contributed by atoms with Crippen LogP contribution in [0, 0.1) is 5.82 Å². The van der Waals surface area contributed by atoms with Crippen LogP contribution in [0.15, 0.2) is 36.4 Å². The number of nitrogens with one attached hydrogen (secondary N) is 1. The topological polar surface area (TPSA) is 66.5 Å². The van der Waals surface area contributed by atoms with Gasteiger partial charge in [0, 0.05) is 17.8 Å². The number of halogens is 2. The molecule has 2 aromatic rings. The van der Waals surface area contributed by atoms with Crippen molar-refractivity contribution < 1.29 is 17.6 Å². The van der Waals surface area contributed by atoms with Crippen molar-refractivity contribution in [3.63, 3.8) is 0 Å². The first-order valence-electron chi connectivity index (χ1n) is 7.13. The Bertz CT molecular complexity index is 931. The number of hydrogen-bond donors (Lipinski definition) is 1. The Morgan fingerprint density at radius 3 is 2.67 bits per heavy atom. The minimum Gasteiger partial charge on any atom is -0.322 e. The summed E-state index contributed by atoms with van der Waals surface area (Å²) < 4.78 is 37.9. The normalized spacial score (nSPS) is 13.7. The molecule has 3 rings (SSSR count). The van der Waals surface area contributed by atoms with Crippen LogP contribution in [-0.4, -0.2) is 27.1 Å². The van der Waals surface area contributed by atoms with Gasteiger partial charge in [-0.1, -0.05) is 11.6 Å². The maximum absolute atomic E-state index is 13.1. The third-order valence-electron chi connectivity index (χ3n) is 3.77. The number of carbonyl (C=O) groups excluding carboxylic acids is 1. The number of carbonyl (C=O) groups is 1. The molecule has 0 fully saturated rings. The van der Waals surface area contributed by atoms with Gasteiger partial charge in [-0.05, 0) is 48.4 Å². The molecule has 0 spiro atoms. The predicted octanol–water partition coefficient (Wildman–Crippen LogP) is 3.05. The van der Waals surface area contributed by atoms with Crippen molar-refractivity contribution in [1.82, 2.24) is 0 Å². The molecule has 24 heavy (non-hydrogen) atoms. The molecule has 1 amide bonds. The van der Waals surface area contributed by atoms with Gasteiger partial charge in [0.2, 0.25) is 10.0 Å². The smallest absolute Gasteiger partial charge is 0.255 e. The molecule has 0 saturated heterocycles. The number of rotatable bonds is 3. The van der Waals surface area contributed by atoms with Crippen molar-refractivity contribution >= 4 is 38.9 Å². The van der Waals surface area contributed by atoms with Gasteiger partial charge < -0.3 is 5.32 Å². The number of hydrogen-bond acceptors (Lipinski definition) is 3. The number of amides is 1. The van der Waals surface area contributed by atoms with Gasteiger partial charge in [0.05, 0.1) is 17.0 Å². The second kappa shape index (κ2) is 6.07. The van der Waals surface area contributed by atoms with Gasteiger partial charge in [0.25, 0.3) is 5.91 Å². The summed E-state index contributed by atoms with van der Waals surface area (Å²) in [4.78, 5) is 12.3. The Morgan fingerprint density at radius 2 is 2.00 bits per heavy atom. The summed E-state index contributed by atoms with van der Waals surface area (Å²) in [6, 6.07) is 8.76. The lowest BCUT2D eigenvalue weighted by Crippen LogP contribution is -2.27. The first kappa shape index (κ1) is 16.7. The second-order valence-electron chi connectivity index (χ2n) is 5.51. The first-order valence-corrected chi connectivity index (χ1v) is 9.35. The lowest BCUT2D eigenvalue weighted by atomic mass is 10.1. The van der Waals surface area contributed by atoms with Crippen LogP contribution in [0.3, 0.4) is 0 Å². The van der Waals surface area contributed by atoms with Crippen LogP contribution in [0.5, 0.6) is 0 Å². The van der Waals surface area contributed by atoms with E-state index >= 15 is 0 Å². The molecule has 0 saturated carbocycles. The highest BCUT2D eigenvalue weighted by atomic mass is 35.5. The molecular formula is C16H14ClFN2O3S.